The van der Waals surface area contributed by atoms with E-state index >= 15 is 0 Å². The van der Waals surface area contributed by atoms with Crippen molar-refractivity contribution >= 4 is 5.78 Å². The van der Waals surface area contributed by atoms with E-state index in [2.05, 4.69) is 19.2 Å². The molecule has 96 valence electrons. The number of halogens is 1. The first-order chi connectivity index (χ1) is 8.27. The summed E-state index contributed by atoms with van der Waals surface area (Å²) >= 11 is 0.249. The van der Waals surface area contributed by atoms with Crippen molar-refractivity contribution in [1.29, 1.82) is 0 Å². The average molecular weight is 347 g/mol. The van der Waals surface area contributed by atoms with Gasteiger partial charge in [0.05, 0.1) is 0 Å². The van der Waals surface area contributed by atoms with E-state index in [1.165, 1.54) is 17.4 Å². The number of alkyl halides is 2. The van der Waals surface area contributed by atoms with Gasteiger partial charge in [-0.15, -0.1) is 0 Å². The molecule has 2 N–H and O–H groups in total. The zero-order valence-corrected chi connectivity index (χ0v) is 12.8. The van der Waals surface area contributed by atoms with Gasteiger partial charge >= 0.3 is 115 Å². The van der Waals surface area contributed by atoms with Gasteiger partial charge in [-0.25, -0.2) is 0 Å². The van der Waals surface area contributed by atoms with Gasteiger partial charge in [-0.2, -0.15) is 0 Å². The number of quaternary nitrogens is 1. The third kappa shape index (κ3) is 5.64. The van der Waals surface area contributed by atoms with Crippen molar-refractivity contribution in [2.24, 2.45) is 0 Å². The van der Waals surface area contributed by atoms with Gasteiger partial charge in [0.1, 0.15) is 0 Å². The Labute approximate surface area is 114 Å². The third-order valence-corrected chi connectivity index (χ3v) is 6.87. The Kier molecular flexibility index (Phi) is 7.44. The van der Waals surface area contributed by atoms with Crippen LogP contribution in [0.4, 0.5) is 0 Å². The summed E-state index contributed by atoms with van der Waals surface area (Å²) in [5.41, 5.74) is 0.837. The molecule has 17 heavy (non-hydrogen) atoms. The normalized spacial score (nSPS) is 11.0. The molecule has 0 aliphatic rings. The van der Waals surface area contributed by atoms with E-state index in [0.717, 1.165) is 9.49 Å². The van der Waals surface area contributed by atoms with E-state index < -0.39 is 0 Å². The SMILES string of the molecule is CCC(CC)[I-]C[NH2+]CC(=O)c1ccccc1. The Bertz CT molecular complexity index is 322. The Hall–Kier alpha value is -0.420. The van der Waals surface area contributed by atoms with Gasteiger partial charge in [0.2, 0.25) is 0 Å². The van der Waals surface area contributed by atoms with Crippen LogP contribution in [-0.4, -0.2) is 20.8 Å². The second-order valence-corrected chi connectivity index (χ2v) is 7.53. The van der Waals surface area contributed by atoms with E-state index in [1.54, 1.807) is 0 Å². The first-order valence-electron chi connectivity index (χ1n) is 6.25. The monoisotopic (exact) mass is 347 g/mol. The van der Waals surface area contributed by atoms with E-state index in [0.29, 0.717) is 6.54 Å². The molecule has 0 heterocycles. The fourth-order valence-corrected chi connectivity index (χ4v) is 4.26. The van der Waals surface area contributed by atoms with E-state index in [4.69, 9.17) is 0 Å². The molecule has 0 saturated carbocycles. The molecule has 0 radical (unpaired) electrons. The first kappa shape index (κ1) is 14.6. The van der Waals surface area contributed by atoms with Crippen LogP contribution in [0.5, 0.6) is 0 Å². The molecule has 2 nitrogen and oxygen atoms in total. The first-order valence-corrected chi connectivity index (χ1v) is 9.02. The van der Waals surface area contributed by atoms with Crippen molar-refractivity contribution in [2.75, 3.05) is 11.1 Å². The molecular weight excluding hydrogens is 325 g/mol. The fraction of sp³-hybridized carbons (Fsp3) is 0.500. The molecule has 1 rings (SSSR count). The van der Waals surface area contributed by atoms with Crippen LogP contribution in [0, 0.1) is 0 Å². The van der Waals surface area contributed by atoms with Gasteiger partial charge in [-0.3, -0.25) is 0 Å². The Morgan fingerprint density at radius 1 is 1.24 bits per heavy atom. The van der Waals surface area contributed by atoms with E-state index in [-0.39, 0.29) is 27.0 Å². The van der Waals surface area contributed by atoms with Gasteiger partial charge in [-0.1, -0.05) is 0 Å². The quantitative estimate of drug-likeness (QED) is 0.204. The molecular formula is C14H22INO. The number of benzene rings is 1. The summed E-state index contributed by atoms with van der Waals surface area (Å²) in [5, 5.41) is 2.18. The van der Waals surface area contributed by atoms with Crippen LogP contribution in [-0.2, 0) is 0 Å². The number of hydrogen-bond donors (Lipinski definition) is 1. The zero-order valence-electron chi connectivity index (χ0n) is 10.7. The Morgan fingerprint density at radius 3 is 2.47 bits per heavy atom. The van der Waals surface area contributed by atoms with Crippen molar-refractivity contribution in [1.82, 2.24) is 0 Å². The molecule has 0 fully saturated rings. The molecule has 1 aromatic carbocycles. The summed E-state index contributed by atoms with van der Waals surface area (Å²) in [7, 11) is 0. The number of ketones is 1. The Morgan fingerprint density at radius 2 is 1.88 bits per heavy atom. The van der Waals surface area contributed by atoms with Crippen LogP contribution in [0.1, 0.15) is 37.0 Å². The maximum absolute atomic E-state index is 11.8. The summed E-state index contributed by atoms with van der Waals surface area (Å²) in [5.74, 6) is 0.249. The molecule has 0 saturated heterocycles. The zero-order chi connectivity index (χ0) is 12.5. The van der Waals surface area contributed by atoms with Crippen molar-refractivity contribution < 1.29 is 31.3 Å². The summed E-state index contributed by atoms with van der Waals surface area (Å²) in [6.07, 6.45) is 2.59. The van der Waals surface area contributed by atoms with E-state index in [1.807, 2.05) is 30.3 Å². The molecule has 0 bridgehead atoms. The number of hydrogen-bond acceptors (Lipinski definition) is 1. The van der Waals surface area contributed by atoms with Crippen molar-refractivity contribution in [3.63, 3.8) is 0 Å². The van der Waals surface area contributed by atoms with Gasteiger partial charge < -0.3 is 0 Å². The number of nitrogens with two attached hydrogens (primary N) is 1. The van der Waals surface area contributed by atoms with E-state index in [9.17, 15) is 4.79 Å². The van der Waals surface area contributed by atoms with Crippen LogP contribution in [0.15, 0.2) is 30.3 Å². The van der Waals surface area contributed by atoms with Crippen molar-refractivity contribution in [2.45, 2.75) is 30.6 Å². The van der Waals surface area contributed by atoms with Crippen LogP contribution >= 0.6 is 0 Å². The van der Waals surface area contributed by atoms with Crippen LogP contribution in [0.3, 0.4) is 0 Å². The molecule has 0 aromatic heterocycles. The molecule has 1 aromatic rings. The van der Waals surface area contributed by atoms with Crippen LogP contribution in [0.25, 0.3) is 0 Å². The number of Topliss-reactive ketones (excluding diaryl/α,β-unsaturated/α-hetero) is 1. The number of carbonyl (C=O) groups excluding carboxylic acids is 1. The molecule has 0 aliphatic heterocycles. The van der Waals surface area contributed by atoms with Gasteiger partial charge in [-0.05, 0) is 0 Å². The summed E-state index contributed by atoms with van der Waals surface area (Å²) in [6, 6.07) is 9.58. The van der Waals surface area contributed by atoms with Crippen LogP contribution in [0.2, 0.25) is 0 Å². The standard InChI is InChI=1S/C14H21INO/c1-3-13(4-2)15-11-16-10-14(17)12-8-6-5-7-9-12/h5-9,13,16H,3-4,10-11H2,1-2H3/q-1/p+1. The molecule has 3 heteroatoms. The predicted octanol–water partition coefficient (Wildman–Crippen LogP) is -1.33. The molecule has 0 aliphatic carbocycles. The molecule has 0 unspecified atom stereocenters. The second-order valence-electron chi connectivity index (χ2n) is 4.00. The van der Waals surface area contributed by atoms with Crippen molar-refractivity contribution in [3.8, 4) is 0 Å². The number of carbonyl (C=O) groups is 1. The molecule has 0 atom stereocenters. The summed E-state index contributed by atoms with van der Waals surface area (Å²) in [6.45, 7) is 5.13. The van der Waals surface area contributed by atoms with Crippen molar-refractivity contribution in [3.05, 3.63) is 35.9 Å². The topological polar surface area (TPSA) is 33.7 Å². The average Bonchev–Trinajstić information content (AvgIpc) is 2.40. The van der Waals surface area contributed by atoms with Gasteiger partial charge in [0.25, 0.3) is 0 Å². The summed E-state index contributed by atoms with van der Waals surface area (Å²) in [4.78, 5) is 11.8. The van der Waals surface area contributed by atoms with Crippen LogP contribution < -0.4 is 26.5 Å². The summed E-state index contributed by atoms with van der Waals surface area (Å²) < 4.78 is 2.10. The van der Waals surface area contributed by atoms with Gasteiger partial charge in [0.15, 0.2) is 0 Å². The fourth-order valence-electron chi connectivity index (χ4n) is 1.62. The molecule has 0 spiro atoms. The second kappa shape index (κ2) is 8.64. The number of rotatable bonds is 8. The molecule has 0 amide bonds. The maximum atomic E-state index is 11.8. The van der Waals surface area contributed by atoms with Gasteiger partial charge in [0, 0.05) is 0 Å². The predicted molar refractivity (Wildman–Crippen MR) is 66.8 cm³/mol. The minimum atomic E-state index is 0.249. The third-order valence-electron chi connectivity index (χ3n) is 2.73. The minimum absolute atomic E-state index is 0.249. The Balaban J connectivity index is 2.21.